The van der Waals surface area contributed by atoms with E-state index in [-0.39, 0.29) is 11.5 Å². The van der Waals surface area contributed by atoms with Gasteiger partial charge in [-0.1, -0.05) is 0 Å². The molecule has 1 aliphatic rings. The lowest BCUT2D eigenvalue weighted by Gasteiger charge is -1.97. The molecule has 0 atom stereocenters. The quantitative estimate of drug-likeness (QED) is 0.493. The Bertz CT molecular complexity index is 288. The molecule has 0 bridgehead atoms. The number of sulfone groups is 2. The highest BCUT2D eigenvalue weighted by molar-refractivity contribution is 8.12. The molecule has 0 amide bonds. The normalized spacial score (nSPS) is 30.5. The molecule has 0 aromatic rings. The van der Waals surface area contributed by atoms with Crippen molar-refractivity contribution in [1.29, 1.82) is 0 Å². The van der Waals surface area contributed by atoms with Crippen LogP contribution in [0.5, 0.6) is 0 Å². The summed E-state index contributed by atoms with van der Waals surface area (Å²) >= 11 is 0. The summed E-state index contributed by atoms with van der Waals surface area (Å²) in [6.07, 6.45) is 0. The van der Waals surface area contributed by atoms with Crippen LogP contribution in [-0.4, -0.2) is 32.9 Å². The Morgan fingerprint density at radius 2 is 1.30 bits per heavy atom. The zero-order valence-electron chi connectivity index (χ0n) is 5.44. The molecular formula is C4H8O4S2. The molecule has 1 rings (SSSR count). The third-order valence-electron chi connectivity index (χ3n) is 1.66. The molecule has 6 heteroatoms. The van der Waals surface area contributed by atoms with Crippen LogP contribution in [-0.2, 0) is 19.7 Å². The Balaban J connectivity index is 3.25. The maximum absolute atomic E-state index is 10.8. The van der Waals surface area contributed by atoms with Crippen LogP contribution in [0.2, 0.25) is 0 Å². The van der Waals surface area contributed by atoms with Gasteiger partial charge >= 0.3 is 0 Å². The highest BCUT2D eigenvalue weighted by Gasteiger charge is 2.40. The molecule has 60 valence electrons. The average Bonchev–Trinajstić information content (AvgIpc) is 1.95. The second-order valence-electron chi connectivity index (χ2n) is 2.30. The molecule has 0 N–H and O–H groups in total. The van der Waals surface area contributed by atoms with Crippen LogP contribution in [0.4, 0.5) is 0 Å². The maximum Gasteiger partial charge on any atom is 0.168 e. The lowest BCUT2D eigenvalue weighted by atomic mass is 11.0. The van der Waals surface area contributed by atoms with Gasteiger partial charge in [0.1, 0.15) is 0 Å². The Morgan fingerprint density at radius 3 is 1.40 bits per heavy atom. The van der Waals surface area contributed by atoms with Gasteiger partial charge in [-0.25, -0.2) is 16.8 Å². The lowest BCUT2D eigenvalue weighted by molar-refractivity contribution is 0.589. The molecule has 0 aliphatic carbocycles. The van der Waals surface area contributed by atoms with Crippen LogP contribution in [0.3, 0.4) is 0 Å². The predicted octanol–water partition coefficient (Wildman–Crippen LogP) is -0.824. The molecule has 0 radical (unpaired) electrons. The topological polar surface area (TPSA) is 68.3 Å². The summed E-state index contributed by atoms with van der Waals surface area (Å²) < 4.78 is 42.0. The van der Waals surface area contributed by atoms with Crippen molar-refractivity contribution >= 4 is 19.7 Å². The van der Waals surface area contributed by atoms with Gasteiger partial charge in [-0.2, -0.15) is 0 Å². The van der Waals surface area contributed by atoms with Crippen LogP contribution in [0.1, 0.15) is 6.92 Å². The summed E-state index contributed by atoms with van der Waals surface area (Å²) in [5, 5.41) is 0. The van der Waals surface area contributed by atoms with Gasteiger partial charge in [0.05, 0.1) is 11.5 Å². The SMILES string of the molecule is CC1S(=O)(=O)CCS1(=O)=O. The van der Waals surface area contributed by atoms with E-state index in [4.69, 9.17) is 0 Å². The predicted molar refractivity (Wildman–Crippen MR) is 37.0 cm³/mol. The van der Waals surface area contributed by atoms with Crippen molar-refractivity contribution in [3.63, 3.8) is 0 Å². The van der Waals surface area contributed by atoms with Gasteiger partial charge in [0.15, 0.2) is 24.3 Å². The van der Waals surface area contributed by atoms with E-state index in [9.17, 15) is 16.8 Å². The third kappa shape index (κ3) is 1.05. The molecule has 1 aliphatic heterocycles. The molecule has 4 nitrogen and oxygen atoms in total. The molecule has 0 unspecified atom stereocenters. The Morgan fingerprint density at radius 1 is 1.00 bits per heavy atom. The molecule has 1 fully saturated rings. The van der Waals surface area contributed by atoms with E-state index >= 15 is 0 Å². The van der Waals surface area contributed by atoms with Crippen LogP contribution >= 0.6 is 0 Å². The second-order valence-corrected chi connectivity index (χ2v) is 7.48. The highest BCUT2D eigenvalue weighted by Crippen LogP contribution is 2.18. The summed E-state index contributed by atoms with van der Waals surface area (Å²) in [6, 6.07) is 0. The van der Waals surface area contributed by atoms with Gasteiger partial charge in [-0.05, 0) is 6.92 Å². The molecule has 1 heterocycles. The molecule has 0 spiro atoms. The van der Waals surface area contributed by atoms with Gasteiger partial charge < -0.3 is 0 Å². The first-order valence-corrected chi connectivity index (χ1v) is 6.22. The standard InChI is InChI=1S/C4H8O4S2/c1-4-9(5,6)2-3-10(4,7)8/h4H,2-3H2,1H3. The lowest BCUT2D eigenvalue weighted by Crippen LogP contribution is -2.18. The van der Waals surface area contributed by atoms with Crippen LogP contribution in [0, 0.1) is 0 Å². The minimum Gasteiger partial charge on any atom is -0.227 e. The minimum atomic E-state index is -3.32. The van der Waals surface area contributed by atoms with Gasteiger partial charge in [0, 0.05) is 0 Å². The second kappa shape index (κ2) is 1.94. The van der Waals surface area contributed by atoms with Crippen molar-refractivity contribution in [3.05, 3.63) is 0 Å². The van der Waals surface area contributed by atoms with E-state index in [0.717, 1.165) is 0 Å². The number of hydrogen-bond donors (Lipinski definition) is 0. The molecule has 10 heavy (non-hydrogen) atoms. The fourth-order valence-electron chi connectivity index (χ4n) is 0.788. The van der Waals surface area contributed by atoms with Crippen molar-refractivity contribution in [2.24, 2.45) is 0 Å². The first-order valence-electron chi connectivity index (χ1n) is 2.79. The third-order valence-corrected chi connectivity index (χ3v) is 7.25. The highest BCUT2D eigenvalue weighted by atomic mass is 32.3. The van der Waals surface area contributed by atoms with Gasteiger partial charge in [0.25, 0.3) is 0 Å². The summed E-state index contributed by atoms with van der Waals surface area (Å²) in [5.41, 5.74) is 0. The fourth-order valence-corrected chi connectivity index (χ4v) is 5.67. The largest absolute Gasteiger partial charge is 0.227 e. The zero-order valence-corrected chi connectivity index (χ0v) is 7.07. The van der Waals surface area contributed by atoms with Crippen molar-refractivity contribution in [2.45, 2.75) is 11.5 Å². The zero-order chi connectivity index (χ0) is 7.99. The van der Waals surface area contributed by atoms with Gasteiger partial charge in [-0.15, -0.1) is 0 Å². The first-order chi connectivity index (χ1) is 4.36. The van der Waals surface area contributed by atoms with Gasteiger partial charge in [-0.3, -0.25) is 0 Å². The molecule has 1 saturated heterocycles. The van der Waals surface area contributed by atoms with Crippen molar-refractivity contribution in [3.8, 4) is 0 Å². The number of rotatable bonds is 0. The monoisotopic (exact) mass is 184 g/mol. The Kier molecular flexibility index (Phi) is 1.56. The van der Waals surface area contributed by atoms with E-state index in [1.54, 1.807) is 0 Å². The van der Waals surface area contributed by atoms with Gasteiger partial charge in [0.2, 0.25) is 0 Å². The molecular weight excluding hydrogens is 176 g/mol. The van der Waals surface area contributed by atoms with Crippen molar-refractivity contribution in [1.82, 2.24) is 0 Å². The van der Waals surface area contributed by atoms with E-state index in [0.29, 0.717) is 0 Å². The smallest absolute Gasteiger partial charge is 0.168 e. The van der Waals surface area contributed by atoms with Crippen molar-refractivity contribution in [2.75, 3.05) is 11.5 Å². The van der Waals surface area contributed by atoms with Crippen LogP contribution in [0.25, 0.3) is 0 Å². The summed E-state index contributed by atoms with van der Waals surface area (Å²) in [4.78, 5) is 0. The number of hydrogen-bond acceptors (Lipinski definition) is 4. The van der Waals surface area contributed by atoms with E-state index in [1.807, 2.05) is 0 Å². The Hall–Kier alpha value is -0.100. The minimum absolute atomic E-state index is 0.212. The fraction of sp³-hybridized carbons (Fsp3) is 1.00. The first kappa shape index (κ1) is 8.00. The molecule has 0 saturated carbocycles. The van der Waals surface area contributed by atoms with E-state index < -0.39 is 24.3 Å². The summed E-state index contributed by atoms with van der Waals surface area (Å²) in [5.74, 6) is -0.424. The maximum atomic E-state index is 10.8. The van der Waals surface area contributed by atoms with Crippen LogP contribution < -0.4 is 0 Å². The van der Waals surface area contributed by atoms with E-state index in [2.05, 4.69) is 0 Å². The van der Waals surface area contributed by atoms with Crippen LogP contribution in [0.15, 0.2) is 0 Å². The van der Waals surface area contributed by atoms with E-state index in [1.165, 1.54) is 6.92 Å². The van der Waals surface area contributed by atoms with Crippen molar-refractivity contribution < 1.29 is 16.8 Å². The molecule has 0 aromatic heterocycles. The Labute approximate surface area is 60.1 Å². The average molecular weight is 184 g/mol. The molecule has 0 aromatic carbocycles. The summed E-state index contributed by atoms with van der Waals surface area (Å²) in [6.45, 7) is 1.22. The summed E-state index contributed by atoms with van der Waals surface area (Å²) in [7, 11) is -6.64.